The van der Waals surface area contributed by atoms with Gasteiger partial charge in [0.1, 0.15) is 0 Å². The molecule has 0 aromatic carbocycles. The highest BCUT2D eigenvalue weighted by atomic mass is 14.3. The normalized spacial score (nSPS) is 25.1. The van der Waals surface area contributed by atoms with Crippen molar-refractivity contribution in [3.63, 3.8) is 0 Å². The first-order chi connectivity index (χ1) is 10.6. The van der Waals surface area contributed by atoms with Crippen molar-refractivity contribution in [2.45, 2.75) is 134 Å². The molecule has 0 saturated heterocycles. The summed E-state index contributed by atoms with van der Waals surface area (Å²) in [6.45, 7) is 16.6. The van der Waals surface area contributed by atoms with Crippen LogP contribution in [0.15, 0.2) is 0 Å². The Bertz CT molecular complexity index is 287. The quantitative estimate of drug-likeness (QED) is 0.463. The third kappa shape index (κ3) is 14.8. The molecule has 2 fully saturated rings. The van der Waals surface area contributed by atoms with Crippen LogP contribution in [0, 0.1) is 28.6 Å². The van der Waals surface area contributed by atoms with Crippen LogP contribution in [0.4, 0.5) is 0 Å². The molecule has 0 radical (unpaired) electrons. The fourth-order valence-corrected chi connectivity index (χ4v) is 4.66. The summed E-state index contributed by atoms with van der Waals surface area (Å²) in [7, 11) is 0. The Morgan fingerprint density at radius 2 is 0.920 bits per heavy atom. The van der Waals surface area contributed by atoms with Crippen LogP contribution in [-0.2, 0) is 0 Å². The molecule has 0 aliphatic heterocycles. The van der Waals surface area contributed by atoms with E-state index < -0.39 is 0 Å². The summed E-state index contributed by atoms with van der Waals surface area (Å²) in [5.41, 5.74) is 1.10. The third-order valence-electron chi connectivity index (χ3n) is 5.66. The molecule has 0 spiro atoms. The summed E-state index contributed by atoms with van der Waals surface area (Å²) in [5.74, 6) is 3.08. The van der Waals surface area contributed by atoms with Crippen LogP contribution in [0.3, 0.4) is 0 Å². The van der Waals surface area contributed by atoms with Gasteiger partial charge < -0.3 is 0 Å². The predicted octanol–water partition coefficient (Wildman–Crippen LogP) is 9.52. The van der Waals surface area contributed by atoms with Gasteiger partial charge in [-0.15, -0.1) is 0 Å². The maximum absolute atomic E-state index is 2.40. The topological polar surface area (TPSA) is 0 Å². The minimum Gasteiger partial charge on any atom is -0.0776 e. The van der Waals surface area contributed by atoms with Crippen molar-refractivity contribution in [2.24, 2.45) is 28.6 Å². The molecule has 2 saturated carbocycles. The molecule has 25 heavy (non-hydrogen) atoms. The molecule has 0 amide bonds. The van der Waals surface area contributed by atoms with E-state index in [9.17, 15) is 0 Å². The van der Waals surface area contributed by atoms with Crippen LogP contribution in [0.1, 0.15) is 134 Å². The van der Waals surface area contributed by atoms with Gasteiger partial charge >= 0.3 is 0 Å². The van der Waals surface area contributed by atoms with Crippen LogP contribution in [0.25, 0.3) is 0 Å². The second-order valence-corrected chi connectivity index (χ2v) is 11.2. The Kier molecular flexibility index (Phi) is 13.5. The van der Waals surface area contributed by atoms with Crippen LogP contribution >= 0.6 is 0 Å². The summed E-state index contributed by atoms with van der Waals surface area (Å²) in [4.78, 5) is 0. The molecule has 0 aromatic heterocycles. The molecule has 154 valence electrons. The SMILES string of the molecule is C.C.CC(C)(C)CC1CCCCC1.CC1CCC(CC(C)(C)C)CC1. The van der Waals surface area contributed by atoms with Crippen molar-refractivity contribution < 1.29 is 0 Å². The Hall–Kier alpha value is 0. The molecule has 2 aliphatic rings. The van der Waals surface area contributed by atoms with E-state index in [1.807, 2.05) is 0 Å². The average Bonchev–Trinajstić information content (AvgIpc) is 2.40. The summed E-state index contributed by atoms with van der Waals surface area (Å²) >= 11 is 0. The zero-order valence-corrected chi connectivity index (χ0v) is 17.5. The molecular weight excluding hydrogens is 300 g/mol. The third-order valence-corrected chi connectivity index (χ3v) is 5.66. The van der Waals surface area contributed by atoms with E-state index in [2.05, 4.69) is 48.5 Å². The van der Waals surface area contributed by atoms with E-state index in [-0.39, 0.29) is 14.9 Å². The molecular formula is C25H54. The monoisotopic (exact) mass is 354 g/mol. The molecule has 2 rings (SSSR count). The molecule has 0 unspecified atom stereocenters. The minimum atomic E-state index is 0. The lowest BCUT2D eigenvalue weighted by atomic mass is 9.75. The Morgan fingerprint density at radius 3 is 1.28 bits per heavy atom. The number of hydrogen-bond acceptors (Lipinski definition) is 0. The van der Waals surface area contributed by atoms with Crippen molar-refractivity contribution in [3.05, 3.63) is 0 Å². The smallest absolute Gasteiger partial charge is 0.0380 e. The summed E-state index contributed by atoms with van der Waals surface area (Å²) in [5, 5.41) is 0. The van der Waals surface area contributed by atoms with Crippen LogP contribution in [0.5, 0.6) is 0 Å². The van der Waals surface area contributed by atoms with E-state index >= 15 is 0 Å². The molecule has 0 heterocycles. The Balaban J connectivity index is 0. The standard InChI is InChI=1S/C12H24.C11H22.2CH4/c1-10-5-7-11(8-6-10)9-12(2,3)4;1-11(2,3)9-10-7-5-4-6-8-10;;/h10-11H,5-9H2,1-4H3;10H,4-9H2,1-3H3;2*1H4. The first-order valence-corrected chi connectivity index (χ1v) is 10.6. The van der Waals surface area contributed by atoms with Gasteiger partial charge in [-0.2, -0.15) is 0 Å². The van der Waals surface area contributed by atoms with Crippen LogP contribution in [-0.4, -0.2) is 0 Å². The largest absolute Gasteiger partial charge is 0.0776 e. The highest BCUT2D eigenvalue weighted by molar-refractivity contribution is 4.75. The average molecular weight is 355 g/mol. The zero-order valence-electron chi connectivity index (χ0n) is 17.5. The minimum absolute atomic E-state index is 0. The van der Waals surface area contributed by atoms with Gasteiger partial charge in [-0.3, -0.25) is 0 Å². The Morgan fingerprint density at radius 1 is 0.560 bits per heavy atom. The maximum Gasteiger partial charge on any atom is -0.0380 e. The maximum atomic E-state index is 2.40. The van der Waals surface area contributed by atoms with Gasteiger partial charge in [-0.1, -0.05) is 121 Å². The fraction of sp³-hybridized carbons (Fsp3) is 1.00. The van der Waals surface area contributed by atoms with Crippen molar-refractivity contribution in [2.75, 3.05) is 0 Å². The lowest BCUT2D eigenvalue weighted by Gasteiger charge is -2.31. The lowest BCUT2D eigenvalue weighted by Crippen LogP contribution is -2.18. The van der Waals surface area contributed by atoms with Crippen LogP contribution in [0.2, 0.25) is 0 Å². The molecule has 0 heteroatoms. The lowest BCUT2D eigenvalue weighted by molar-refractivity contribution is 0.212. The number of rotatable bonds is 2. The molecule has 0 aromatic rings. The molecule has 0 atom stereocenters. The van der Waals surface area contributed by atoms with Gasteiger partial charge in [0.25, 0.3) is 0 Å². The molecule has 0 N–H and O–H groups in total. The van der Waals surface area contributed by atoms with E-state index in [1.54, 1.807) is 0 Å². The highest BCUT2D eigenvalue weighted by Gasteiger charge is 2.23. The van der Waals surface area contributed by atoms with Crippen molar-refractivity contribution >= 4 is 0 Å². The van der Waals surface area contributed by atoms with Gasteiger partial charge in [0.15, 0.2) is 0 Å². The van der Waals surface area contributed by atoms with Gasteiger partial charge in [-0.25, -0.2) is 0 Å². The first kappa shape index (κ1) is 27.2. The summed E-state index contributed by atoms with van der Waals surface area (Å²) in [6, 6.07) is 0. The van der Waals surface area contributed by atoms with Gasteiger partial charge in [0, 0.05) is 0 Å². The van der Waals surface area contributed by atoms with Crippen molar-refractivity contribution in [1.82, 2.24) is 0 Å². The van der Waals surface area contributed by atoms with E-state index in [1.165, 1.54) is 70.6 Å². The van der Waals surface area contributed by atoms with E-state index in [0.717, 1.165) is 17.8 Å². The fourth-order valence-electron chi connectivity index (χ4n) is 4.66. The summed E-state index contributed by atoms with van der Waals surface area (Å²) < 4.78 is 0. The zero-order chi connectivity index (χ0) is 17.5. The van der Waals surface area contributed by atoms with Crippen molar-refractivity contribution in [3.8, 4) is 0 Å². The van der Waals surface area contributed by atoms with Gasteiger partial charge in [0.2, 0.25) is 0 Å². The Labute approximate surface area is 163 Å². The first-order valence-electron chi connectivity index (χ1n) is 10.6. The molecule has 0 bridgehead atoms. The predicted molar refractivity (Wildman–Crippen MR) is 119 cm³/mol. The van der Waals surface area contributed by atoms with Crippen LogP contribution < -0.4 is 0 Å². The summed E-state index contributed by atoms with van der Waals surface area (Å²) in [6.07, 6.45) is 16.2. The molecule has 2 aliphatic carbocycles. The second kappa shape index (κ2) is 12.4. The number of hydrogen-bond donors (Lipinski definition) is 0. The second-order valence-electron chi connectivity index (χ2n) is 11.2. The van der Waals surface area contributed by atoms with E-state index in [0.29, 0.717) is 10.8 Å². The van der Waals surface area contributed by atoms with Crippen molar-refractivity contribution in [1.29, 1.82) is 0 Å². The van der Waals surface area contributed by atoms with Gasteiger partial charge in [0.05, 0.1) is 0 Å². The highest BCUT2D eigenvalue weighted by Crippen LogP contribution is 2.36. The van der Waals surface area contributed by atoms with Gasteiger partial charge in [-0.05, 0) is 41.4 Å². The van der Waals surface area contributed by atoms with E-state index in [4.69, 9.17) is 0 Å². The molecule has 0 nitrogen and oxygen atoms in total.